The van der Waals surface area contributed by atoms with Crippen LogP contribution in [0.1, 0.15) is 47.8 Å². The first-order valence-corrected chi connectivity index (χ1v) is 12.9. The van der Waals surface area contributed by atoms with Gasteiger partial charge in [0.25, 0.3) is 5.56 Å². The molecule has 178 valence electrons. The predicted molar refractivity (Wildman–Crippen MR) is 136 cm³/mol. The Morgan fingerprint density at radius 3 is 2.60 bits per heavy atom. The summed E-state index contributed by atoms with van der Waals surface area (Å²) in [6, 6.07) is 11.1. The van der Waals surface area contributed by atoms with Crippen LogP contribution in [0, 0.1) is 22.7 Å². The highest BCUT2D eigenvalue weighted by atomic mass is 32.2. The van der Waals surface area contributed by atoms with Crippen LogP contribution in [0.15, 0.2) is 34.2 Å². The molecule has 0 fully saturated rings. The molecule has 2 heterocycles. The molecule has 35 heavy (non-hydrogen) atoms. The number of benzene rings is 1. The number of anilines is 1. The summed E-state index contributed by atoms with van der Waals surface area (Å²) in [6.07, 6.45) is 4.41. The molecule has 1 aliphatic rings. The summed E-state index contributed by atoms with van der Waals surface area (Å²) in [6.45, 7) is 1.87. The van der Waals surface area contributed by atoms with E-state index in [2.05, 4.69) is 21.4 Å². The number of nitrogens with one attached hydrogen (secondary N) is 2. The van der Waals surface area contributed by atoms with Crippen molar-refractivity contribution in [1.29, 1.82) is 10.5 Å². The molecule has 1 aromatic carbocycles. The minimum atomic E-state index is -0.566. The molecule has 0 unspecified atom stereocenters. The summed E-state index contributed by atoms with van der Waals surface area (Å²) in [5.41, 5.74) is 1.79. The fourth-order valence-corrected chi connectivity index (χ4v) is 6.13. The Kier molecular flexibility index (Phi) is 7.54. The molecule has 1 atom stereocenters. The van der Waals surface area contributed by atoms with Crippen LogP contribution in [0.3, 0.4) is 0 Å². The van der Waals surface area contributed by atoms with Gasteiger partial charge in [-0.1, -0.05) is 18.7 Å². The Morgan fingerprint density at radius 2 is 1.94 bits per heavy atom. The Hall–Kier alpha value is -3.60. The minimum Gasteiger partial charge on any atom is -0.497 e. The van der Waals surface area contributed by atoms with Crippen molar-refractivity contribution >= 4 is 34.0 Å². The number of fused-ring (bicyclic) bond motifs is 1. The average molecular weight is 506 g/mol. The third kappa shape index (κ3) is 5.09. The molecule has 1 amide bonds. The summed E-state index contributed by atoms with van der Waals surface area (Å²) in [5, 5.41) is 22.4. The minimum absolute atomic E-state index is 0.0974. The molecule has 0 spiro atoms. The quantitative estimate of drug-likeness (QED) is 0.353. The van der Waals surface area contributed by atoms with Crippen LogP contribution >= 0.6 is 23.1 Å². The molecule has 0 bridgehead atoms. The molecule has 0 saturated heterocycles. The molecule has 10 heteroatoms. The van der Waals surface area contributed by atoms with Crippen LogP contribution in [0.4, 0.5) is 5.00 Å². The largest absolute Gasteiger partial charge is 0.497 e. The highest BCUT2D eigenvalue weighted by molar-refractivity contribution is 8.00. The van der Waals surface area contributed by atoms with Gasteiger partial charge in [0.05, 0.1) is 23.6 Å². The van der Waals surface area contributed by atoms with E-state index in [1.165, 1.54) is 16.2 Å². The maximum atomic E-state index is 13.1. The zero-order valence-electron chi connectivity index (χ0n) is 19.3. The summed E-state index contributed by atoms with van der Waals surface area (Å²) in [4.78, 5) is 34.1. The summed E-state index contributed by atoms with van der Waals surface area (Å²) < 4.78 is 5.17. The van der Waals surface area contributed by atoms with E-state index in [4.69, 9.17) is 4.74 Å². The second-order valence-corrected chi connectivity index (χ2v) is 10.3. The number of hydrogen-bond donors (Lipinski definition) is 2. The van der Waals surface area contributed by atoms with E-state index >= 15 is 0 Å². The molecule has 0 radical (unpaired) electrons. The SMILES string of the molecule is CC[C@@H](Sc1nc(-c2ccc(OC)cc2)c(C#N)c(=O)[nH]1)C(=O)Nc1sc2c(c1C#N)CCCC2. The molecule has 2 N–H and O–H groups in total. The third-order valence-corrected chi connectivity index (χ3v) is 8.27. The number of hydrogen-bond acceptors (Lipinski definition) is 8. The summed E-state index contributed by atoms with van der Waals surface area (Å²) >= 11 is 2.60. The Bertz CT molecular complexity index is 1400. The number of H-pyrrole nitrogens is 1. The second kappa shape index (κ2) is 10.8. The van der Waals surface area contributed by atoms with E-state index in [0.717, 1.165) is 43.0 Å². The standard InChI is InChI=1S/C25H23N5O3S2/c1-3-19(23(32)29-24-17(12-26)16-6-4-5-7-20(16)34-24)35-25-28-21(18(13-27)22(31)30-25)14-8-10-15(33-2)11-9-14/h8-11,19H,3-7H2,1-2H3,(H,29,32)(H,28,30,31)/t19-/m1/s1. The fourth-order valence-electron chi connectivity index (χ4n) is 3.99. The number of carbonyl (C=O) groups is 1. The first-order valence-electron chi connectivity index (χ1n) is 11.2. The van der Waals surface area contributed by atoms with Crippen LogP contribution in [0.5, 0.6) is 5.75 Å². The second-order valence-electron chi connectivity index (χ2n) is 7.97. The smallest absolute Gasteiger partial charge is 0.270 e. The lowest BCUT2D eigenvalue weighted by atomic mass is 9.96. The van der Waals surface area contributed by atoms with Gasteiger partial charge in [-0.05, 0) is 61.9 Å². The lowest BCUT2D eigenvalue weighted by molar-refractivity contribution is -0.115. The first-order chi connectivity index (χ1) is 17.0. The van der Waals surface area contributed by atoms with Crippen LogP contribution in [-0.4, -0.2) is 28.2 Å². The lowest BCUT2D eigenvalue weighted by Crippen LogP contribution is -2.25. The van der Waals surface area contributed by atoms with Gasteiger partial charge in [0.1, 0.15) is 28.5 Å². The number of aryl methyl sites for hydroxylation is 1. The van der Waals surface area contributed by atoms with E-state index in [1.807, 2.05) is 13.0 Å². The number of amides is 1. The van der Waals surface area contributed by atoms with Crippen molar-refractivity contribution in [2.45, 2.75) is 49.4 Å². The van der Waals surface area contributed by atoms with Crippen LogP contribution < -0.4 is 15.6 Å². The Labute approximate surface area is 211 Å². The van der Waals surface area contributed by atoms with Crippen molar-refractivity contribution < 1.29 is 9.53 Å². The zero-order valence-corrected chi connectivity index (χ0v) is 20.9. The topological polar surface area (TPSA) is 132 Å². The lowest BCUT2D eigenvalue weighted by Gasteiger charge is -2.14. The van der Waals surface area contributed by atoms with Gasteiger partial charge in [-0.2, -0.15) is 10.5 Å². The van der Waals surface area contributed by atoms with E-state index in [9.17, 15) is 20.1 Å². The van der Waals surface area contributed by atoms with Crippen molar-refractivity contribution in [3.05, 3.63) is 56.2 Å². The Morgan fingerprint density at radius 1 is 1.23 bits per heavy atom. The summed E-state index contributed by atoms with van der Waals surface area (Å²) in [7, 11) is 1.55. The van der Waals surface area contributed by atoms with Gasteiger partial charge in [-0.15, -0.1) is 11.3 Å². The van der Waals surface area contributed by atoms with Crippen molar-refractivity contribution in [1.82, 2.24) is 9.97 Å². The predicted octanol–water partition coefficient (Wildman–Crippen LogP) is 4.64. The highest BCUT2D eigenvalue weighted by Crippen LogP contribution is 2.38. The number of ether oxygens (including phenoxy) is 1. The van der Waals surface area contributed by atoms with E-state index < -0.39 is 10.8 Å². The molecule has 8 nitrogen and oxygen atoms in total. The highest BCUT2D eigenvalue weighted by Gasteiger charge is 2.26. The molecule has 3 aromatic rings. The molecular formula is C25H23N5O3S2. The van der Waals surface area contributed by atoms with E-state index in [0.29, 0.717) is 28.3 Å². The van der Waals surface area contributed by atoms with Gasteiger partial charge in [-0.3, -0.25) is 9.59 Å². The number of carbonyl (C=O) groups excluding carboxylic acids is 1. The summed E-state index contributed by atoms with van der Waals surface area (Å²) in [5.74, 6) is 0.381. The van der Waals surface area contributed by atoms with E-state index in [-0.39, 0.29) is 22.3 Å². The van der Waals surface area contributed by atoms with Gasteiger partial charge in [0.15, 0.2) is 5.16 Å². The van der Waals surface area contributed by atoms with Crippen molar-refractivity contribution in [2.75, 3.05) is 12.4 Å². The third-order valence-electron chi connectivity index (χ3n) is 5.81. The number of nitriles is 2. The fraction of sp³-hybridized carbons (Fsp3) is 0.320. The van der Waals surface area contributed by atoms with Gasteiger partial charge in [0, 0.05) is 10.4 Å². The molecule has 2 aromatic heterocycles. The van der Waals surface area contributed by atoms with Crippen molar-refractivity contribution in [2.24, 2.45) is 0 Å². The number of aromatic amines is 1. The van der Waals surface area contributed by atoms with E-state index in [1.54, 1.807) is 31.4 Å². The maximum Gasteiger partial charge on any atom is 0.270 e. The van der Waals surface area contributed by atoms with Crippen LogP contribution in [0.2, 0.25) is 0 Å². The Balaban J connectivity index is 1.60. The van der Waals surface area contributed by atoms with Crippen molar-refractivity contribution in [3.63, 3.8) is 0 Å². The van der Waals surface area contributed by atoms with Gasteiger partial charge < -0.3 is 15.0 Å². The molecule has 0 aliphatic heterocycles. The zero-order chi connectivity index (χ0) is 24.9. The normalized spacial score (nSPS) is 13.3. The maximum absolute atomic E-state index is 13.1. The number of methoxy groups -OCH3 is 1. The number of nitrogens with zero attached hydrogens (tertiary/aromatic N) is 3. The molecule has 0 saturated carbocycles. The number of thioether (sulfide) groups is 1. The first kappa shape index (κ1) is 24.5. The number of aromatic nitrogens is 2. The molecular weight excluding hydrogens is 482 g/mol. The number of rotatable bonds is 7. The average Bonchev–Trinajstić information content (AvgIpc) is 3.23. The molecule has 4 rings (SSSR count). The molecule has 1 aliphatic carbocycles. The monoisotopic (exact) mass is 505 g/mol. The van der Waals surface area contributed by atoms with Gasteiger partial charge in [-0.25, -0.2) is 4.98 Å². The van der Waals surface area contributed by atoms with Crippen molar-refractivity contribution in [3.8, 4) is 29.1 Å². The van der Waals surface area contributed by atoms with Crippen LogP contribution in [0.25, 0.3) is 11.3 Å². The van der Waals surface area contributed by atoms with Crippen LogP contribution in [-0.2, 0) is 17.6 Å². The number of thiophene rings is 1. The van der Waals surface area contributed by atoms with Gasteiger partial charge >= 0.3 is 0 Å². The van der Waals surface area contributed by atoms with Gasteiger partial charge in [0.2, 0.25) is 5.91 Å².